The molecule has 12 heteroatoms. The van der Waals surface area contributed by atoms with Gasteiger partial charge in [0.15, 0.2) is 0 Å². The van der Waals surface area contributed by atoms with Gasteiger partial charge in [-0.3, -0.25) is 24.2 Å². The van der Waals surface area contributed by atoms with Crippen molar-refractivity contribution < 1.29 is 23.5 Å². The van der Waals surface area contributed by atoms with Crippen LogP contribution in [-0.2, 0) is 20.8 Å². The number of fused-ring (bicyclic) bond motifs is 1. The van der Waals surface area contributed by atoms with E-state index in [1.165, 1.54) is 17.2 Å². The highest BCUT2D eigenvalue weighted by Gasteiger charge is 2.46. The van der Waals surface area contributed by atoms with Crippen LogP contribution in [0.2, 0.25) is 5.02 Å². The fourth-order valence-corrected chi connectivity index (χ4v) is 8.09. The predicted octanol–water partition coefficient (Wildman–Crippen LogP) is 5.56. The number of nitrogens with one attached hydrogen (secondary N) is 2. The zero-order chi connectivity index (χ0) is 34.8. The average molecular weight is 685 g/mol. The molecule has 10 nitrogen and oxygen atoms in total. The van der Waals surface area contributed by atoms with E-state index in [0.29, 0.717) is 46.2 Å². The Balaban J connectivity index is 1.20. The van der Waals surface area contributed by atoms with E-state index in [2.05, 4.69) is 22.1 Å². The van der Waals surface area contributed by atoms with Crippen LogP contribution in [0.3, 0.4) is 0 Å². The van der Waals surface area contributed by atoms with Crippen molar-refractivity contribution in [1.29, 1.82) is 0 Å². The van der Waals surface area contributed by atoms with E-state index in [9.17, 15) is 14.4 Å². The number of pyridine rings is 1. The van der Waals surface area contributed by atoms with Gasteiger partial charge in [-0.2, -0.15) is 0 Å². The Hall–Kier alpha value is -4.74. The molecule has 1 aromatic heterocycles. The van der Waals surface area contributed by atoms with Crippen molar-refractivity contribution in [3.8, 4) is 28.3 Å². The van der Waals surface area contributed by atoms with E-state index in [1.807, 2.05) is 6.07 Å². The topological polar surface area (TPSA) is 107 Å². The minimum Gasteiger partial charge on any atom is -0.481 e. The first-order valence-corrected chi connectivity index (χ1v) is 16.7. The molecule has 3 amide bonds. The van der Waals surface area contributed by atoms with Gasteiger partial charge in [0, 0.05) is 68.2 Å². The lowest BCUT2D eigenvalue weighted by atomic mass is 9.95. The van der Waals surface area contributed by atoms with Crippen LogP contribution in [0.1, 0.15) is 48.4 Å². The molecule has 254 valence electrons. The van der Waals surface area contributed by atoms with E-state index < -0.39 is 17.6 Å². The molecule has 7 rings (SSSR count). The zero-order valence-electron chi connectivity index (χ0n) is 28.0. The second kappa shape index (κ2) is 12.3. The van der Waals surface area contributed by atoms with Gasteiger partial charge < -0.3 is 20.3 Å². The van der Waals surface area contributed by atoms with Gasteiger partial charge in [-0.25, -0.2) is 9.37 Å². The molecule has 0 bridgehead atoms. The fourth-order valence-electron chi connectivity index (χ4n) is 7.73. The maximum absolute atomic E-state index is 15.7. The Labute approximate surface area is 289 Å². The number of anilines is 1. The number of nitrogens with zero attached hydrogens (tertiary/aromatic N) is 4. The van der Waals surface area contributed by atoms with Crippen LogP contribution >= 0.6 is 11.6 Å². The molecule has 3 aliphatic heterocycles. The van der Waals surface area contributed by atoms with Crippen molar-refractivity contribution in [2.45, 2.75) is 50.6 Å². The molecule has 4 heterocycles. The van der Waals surface area contributed by atoms with Gasteiger partial charge in [0.1, 0.15) is 17.2 Å². The van der Waals surface area contributed by atoms with Crippen LogP contribution in [0.5, 0.6) is 5.88 Å². The zero-order valence-corrected chi connectivity index (χ0v) is 28.7. The highest BCUT2D eigenvalue weighted by molar-refractivity contribution is 6.36. The van der Waals surface area contributed by atoms with E-state index in [4.69, 9.17) is 21.3 Å². The minimum atomic E-state index is -0.596. The number of ether oxygens (including phenoxy) is 1. The molecule has 2 saturated heterocycles. The smallest absolute Gasteiger partial charge is 0.266 e. The summed E-state index contributed by atoms with van der Waals surface area (Å²) in [5.74, 6) is -0.516. The SMILES string of the molecule is C=C1N(C)C=C(C(=O)Nc2cccc(-c3c(F)ccc(-c4cc5c(c(OC)n4)C(N4CCC6(CCC(=O)N6)C4)CC5)c3Cl)c2C)C(=O)N1C. The molecule has 2 atom stereocenters. The van der Waals surface area contributed by atoms with Gasteiger partial charge in [0.25, 0.3) is 11.8 Å². The average Bonchev–Trinajstić information content (AvgIpc) is 3.80. The molecule has 1 aliphatic carbocycles. The van der Waals surface area contributed by atoms with Crippen LogP contribution in [0.25, 0.3) is 22.4 Å². The second-order valence-corrected chi connectivity index (χ2v) is 13.7. The second-order valence-electron chi connectivity index (χ2n) is 13.3. The molecule has 2 fully saturated rings. The minimum absolute atomic E-state index is 0.0539. The molecule has 2 N–H and O–H groups in total. The quantitative estimate of drug-likeness (QED) is 0.328. The van der Waals surface area contributed by atoms with Crippen LogP contribution in [-0.4, -0.2) is 77.2 Å². The lowest BCUT2D eigenvalue weighted by molar-refractivity contribution is -0.128. The number of benzene rings is 2. The molecule has 0 radical (unpaired) electrons. The maximum Gasteiger partial charge on any atom is 0.266 e. The molecule has 3 aromatic rings. The number of aromatic nitrogens is 1. The number of likely N-dealkylation sites (tertiary alicyclic amines) is 1. The van der Waals surface area contributed by atoms with Crippen molar-refractivity contribution in [2.24, 2.45) is 0 Å². The van der Waals surface area contributed by atoms with Gasteiger partial charge in [-0.1, -0.05) is 30.3 Å². The van der Waals surface area contributed by atoms with Gasteiger partial charge in [-0.05, 0) is 73.6 Å². The van der Waals surface area contributed by atoms with Gasteiger partial charge in [-0.15, -0.1) is 0 Å². The first kappa shape index (κ1) is 32.8. The predicted molar refractivity (Wildman–Crippen MR) is 185 cm³/mol. The summed E-state index contributed by atoms with van der Waals surface area (Å²) >= 11 is 7.04. The summed E-state index contributed by atoms with van der Waals surface area (Å²) in [4.78, 5) is 48.3. The van der Waals surface area contributed by atoms with Crippen molar-refractivity contribution in [3.63, 3.8) is 0 Å². The molecular weight excluding hydrogens is 647 g/mol. The molecule has 0 saturated carbocycles. The third-order valence-electron chi connectivity index (χ3n) is 10.5. The number of aryl methyl sites for hydroxylation is 1. The monoisotopic (exact) mass is 684 g/mol. The van der Waals surface area contributed by atoms with Crippen LogP contribution in [0.4, 0.5) is 10.1 Å². The molecule has 2 aromatic carbocycles. The third-order valence-corrected chi connectivity index (χ3v) is 10.9. The van der Waals surface area contributed by atoms with Crippen molar-refractivity contribution in [2.75, 3.05) is 39.6 Å². The number of carbonyl (C=O) groups is 3. The Bertz CT molecular complexity index is 1980. The standard InChI is InChI=1S/C37H38ClFN6O4/c1-20-23(7-6-8-27(20)40-34(47)25-18-43(3)21(2)44(4)36(25)48)32-26(39)11-10-24(33(32)38)28-17-22-9-12-29(31(22)35(41-28)49-5)45-16-15-37(19-45)14-13-30(46)42-37/h6-8,10-11,17-18,29H,2,9,12-16,19H2,1,3-5H3,(H,40,47)(H,42,46). The maximum atomic E-state index is 15.7. The number of hydrogen-bond donors (Lipinski definition) is 2. The van der Waals surface area contributed by atoms with Crippen molar-refractivity contribution >= 4 is 35.0 Å². The largest absolute Gasteiger partial charge is 0.481 e. The molecule has 4 aliphatic rings. The summed E-state index contributed by atoms with van der Waals surface area (Å²) in [6.07, 6.45) is 5.54. The van der Waals surface area contributed by atoms with E-state index in [-0.39, 0.29) is 33.6 Å². The first-order chi connectivity index (χ1) is 23.4. The summed E-state index contributed by atoms with van der Waals surface area (Å²) in [6.45, 7) is 7.31. The van der Waals surface area contributed by atoms with Crippen molar-refractivity contribution in [1.82, 2.24) is 25.0 Å². The van der Waals surface area contributed by atoms with Crippen LogP contribution < -0.4 is 15.4 Å². The Morgan fingerprint density at radius 3 is 2.69 bits per heavy atom. The summed E-state index contributed by atoms with van der Waals surface area (Å²) < 4.78 is 21.6. The number of amides is 3. The highest BCUT2D eigenvalue weighted by atomic mass is 35.5. The number of hydrogen-bond acceptors (Lipinski definition) is 7. The molecular formula is C37H38ClFN6O4. The molecule has 2 unspecified atom stereocenters. The number of rotatable bonds is 6. The summed E-state index contributed by atoms with van der Waals surface area (Å²) in [7, 11) is 4.86. The van der Waals surface area contributed by atoms with Gasteiger partial charge in [0.2, 0.25) is 11.8 Å². The number of halogens is 2. The van der Waals surface area contributed by atoms with Crippen molar-refractivity contribution in [3.05, 3.63) is 88.1 Å². The normalized spacial score (nSPS) is 22.1. The number of carbonyl (C=O) groups excluding carboxylic acids is 3. The Morgan fingerprint density at radius 1 is 1.16 bits per heavy atom. The lowest BCUT2D eigenvalue weighted by Gasteiger charge is -2.31. The summed E-state index contributed by atoms with van der Waals surface area (Å²) in [6, 6.07) is 10.3. The van der Waals surface area contributed by atoms with Crippen LogP contribution in [0.15, 0.2) is 60.6 Å². The fraction of sp³-hybridized carbons (Fsp3) is 0.351. The molecule has 1 spiro atoms. The Kier molecular flexibility index (Phi) is 8.23. The molecule has 49 heavy (non-hydrogen) atoms. The van der Waals surface area contributed by atoms with E-state index >= 15 is 4.39 Å². The van der Waals surface area contributed by atoms with E-state index in [0.717, 1.165) is 49.9 Å². The van der Waals surface area contributed by atoms with Crippen LogP contribution in [0, 0.1) is 12.7 Å². The van der Waals surface area contributed by atoms with Gasteiger partial charge in [0.05, 0.1) is 23.4 Å². The summed E-state index contributed by atoms with van der Waals surface area (Å²) in [5, 5.41) is 6.22. The number of methoxy groups -OCH3 is 1. The third kappa shape index (κ3) is 5.54. The number of likely N-dealkylation sites (N-methyl/N-ethyl adjacent to an activating group) is 1. The lowest BCUT2D eigenvalue weighted by Crippen LogP contribution is -2.44. The van der Waals surface area contributed by atoms with E-state index in [1.54, 1.807) is 57.3 Å². The summed E-state index contributed by atoms with van der Waals surface area (Å²) in [5.41, 5.74) is 4.74. The Morgan fingerprint density at radius 2 is 1.96 bits per heavy atom. The van der Waals surface area contributed by atoms with Gasteiger partial charge >= 0.3 is 0 Å². The highest BCUT2D eigenvalue weighted by Crippen LogP contribution is 2.47. The first-order valence-electron chi connectivity index (χ1n) is 16.4.